The second-order valence-corrected chi connectivity index (χ2v) is 6.94. The van der Waals surface area contributed by atoms with Gasteiger partial charge < -0.3 is 25.6 Å². The van der Waals surface area contributed by atoms with E-state index in [1.807, 2.05) is 30.3 Å². The van der Waals surface area contributed by atoms with Gasteiger partial charge in [-0.05, 0) is 49.2 Å². The van der Waals surface area contributed by atoms with Crippen molar-refractivity contribution in [3.8, 4) is 0 Å². The van der Waals surface area contributed by atoms with E-state index in [2.05, 4.69) is 20.9 Å². The zero-order valence-corrected chi connectivity index (χ0v) is 16.7. The lowest BCUT2D eigenvalue weighted by Crippen LogP contribution is -2.28. The molecule has 0 atom stereocenters. The molecule has 0 aromatic heterocycles. The molecule has 3 rings (SSSR count). The first-order chi connectivity index (χ1) is 14.2. The highest BCUT2D eigenvalue weighted by atomic mass is 16.5. The Labute approximate surface area is 171 Å². The molecule has 0 spiro atoms. The van der Waals surface area contributed by atoms with Gasteiger partial charge in [0.15, 0.2) is 0 Å². The predicted molar refractivity (Wildman–Crippen MR) is 116 cm³/mol. The van der Waals surface area contributed by atoms with Gasteiger partial charge in [-0.25, -0.2) is 0 Å². The molecule has 0 unspecified atom stereocenters. The fraction of sp³-hybridized carbons (Fsp3) is 0.364. The summed E-state index contributed by atoms with van der Waals surface area (Å²) in [4.78, 5) is 27.0. The normalized spacial score (nSPS) is 13.2. The number of nitrogens with one attached hydrogen (secondary N) is 3. The number of anilines is 3. The van der Waals surface area contributed by atoms with Crippen LogP contribution in [0, 0.1) is 0 Å². The molecule has 7 nitrogen and oxygen atoms in total. The van der Waals surface area contributed by atoms with Gasteiger partial charge in [0, 0.05) is 43.8 Å². The fourth-order valence-electron chi connectivity index (χ4n) is 3.31. The Balaban J connectivity index is 1.52. The lowest BCUT2D eigenvalue weighted by atomic mass is 10.1. The number of amides is 2. The third-order valence-corrected chi connectivity index (χ3v) is 4.83. The van der Waals surface area contributed by atoms with Crippen LogP contribution in [0.4, 0.5) is 17.1 Å². The number of rotatable bonds is 9. The Kier molecular flexibility index (Phi) is 7.47. The van der Waals surface area contributed by atoms with Crippen molar-refractivity contribution >= 4 is 28.9 Å². The number of hydrogen-bond donors (Lipinski definition) is 3. The molecule has 1 aliphatic rings. The quantitative estimate of drug-likeness (QED) is 0.568. The predicted octanol–water partition coefficient (Wildman–Crippen LogP) is 2.71. The van der Waals surface area contributed by atoms with Gasteiger partial charge in [-0.15, -0.1) is 0 Å². The molecule has 3 N–H and O–H groups in total. The first-order valence-corrected chi connectivity index (χ1v) is 9.92. The van der Waals surface area contributed by atoms with Gasteiger partial charge in [0.2, 0.25) is 5.91 Å². The molecule has 7 heteroatoms. The molecule has 1 fully saturated rings. The van der Waals surface area contributed by atoms with E-state index in [1.165, 1.54) is 18.5 Å². The number of methoxy groups -OCH3 is 1. The summed E-state index contributed by atoms with van der Waals surface area (Å²) in [5.74, 6) is -0.378. The number of nitrogens with zero attached hydrogens (tertiary/aromatic N) is 1. The smallest absolute Gasteiger partial charge is 0.253 e. The van der Waals surface area contributed by atoms with E-state index >= 15 is 0 Å². The largest absolute Gasteiger partial charge is 0.383 e. The van der Waals surface area contributed by atoms with E-state index in [9.17, 15) is 9.59 Å². The van der Waals surface area contributed by atoms with Crippen molar-refractivity contribution in [1.82, 2.24) is 5.32 Å². The minimum Gasteiger partial charge on any atom is -0.383 e. The second-order valence-electron chi connectivity index (χ2n) is 6.94. The average Bonchev–Trinajstić information content (AvgIpc) is 3.28. The molecule has 1 saturated heterocycles. The average molecular weight is 396 g/mol. The third kappa shape index (κ3) is 5.96. The van der Waals surface area contributed by atoms with Crippen molar-refractivity contribution in [3.63, 3.8) is 0 Å². The molecule has 0 saturated carbocycles. The lowest BCUT2D eigenvalue weighted by molar-refractivity contribution is -0.114. The third-order valence-electron chi connectivity index (χ3n) is 4.83. The lowest BCUT2D eigenvalue weighted by Gasteiger charge is -2.18. The van der Waals surface area contributed by atoms with E-state index in [4.69, 9.17) is 4.74 Å². The van der Waals surface area contributed by atoms with Gasteiger partial charge in [-0.2, -0.15) is 0 Å². The SMILES string of the molecule is COCCNC(=O)c1ccccc1NCC(=O)Nc1ccc(N2CCCC2)cc1. The highest BCUT2D eigenvalue weighted by Crippen LogP contribution is 2.22. The van der Waals surface area contributed by atoms with E-state index in [0.29, 0.717) is 24.4 Å². The van der Waals surface area contributed by atoms with Gasteiger partial charge in [-0.3, -0.25) is 9.59 Å². The molecule has 29 heavy (non-hydrogen) atoms. The number of carbonyl (C=O) groups is 2. The van der Waals surface area contributed by atoms with Gasteiger partial charge >= 0.3 is 0 Å². The molecule has 2 aromatic carbocycles. The number of ether oxygens (including phenoxy) is 1. The van der Waals surface area contributed by atoms with Crippen molar-refractivity contribution in [1.29, 1.82) is 0 Å². The van der Waals surface area contributed by atoms with Crippen molar-refractivity contribution < 1.29 is 14.3 Å². The maximum atomic E-state index is 12.3. The van der Waals surface area contributed by atoms with Gasteiger partial charge in [0.25, 0.3) is 5.91 Å². The molecule has 1 heterocycles. The Morgan fingerprint density at radius 3 is 2.48 bits per heavy atom. The summed E-state index contributed by atoms with van der Waals surface area (Å²) in [6.07, 6.45) is 2.46. The van der Waals surface area contributed by atoms with Crippen molar-refractivity contribution in [2.45, 2.75) is 12.8 Å². The fourth-order valence-corrected chi connectivity index (χ4v) is 3.31. The van der Waals surface area contributed by atoms with Gasteiger partial charge in [-0.1, -0.05) is 12.1 Å². The van der Waals surface area contributed by atoms with Gasteiger partial charge in [0.1, 0.15) is 0 Å². The standard InChI is InChI=1S/C22H28N4O3/c1-29-15-12-23-22(28)19-6-2-3-7-20(19)24-16-21(27)25-17-8-10-18(11-9-17)26-13-4-5-14-26/h2-3,6-11,24H,4-5,12-16H2,1H3,(H,23,28)(H,25,27). The summed E-state index contributed by atoms with van der Waals surface area (Å²) < 4.78 is 4.94. The molecule has 1 aliphatic heterocycles. The zero-order chi connectivity index (χ0) is 20.5. The maximum Gasteiger partial charge on any atom is 0.253 e. The van der Waals surface area contributed by atoms with Crippen molar-refractivity contribution in [3.05, 3.63) is 54.1 Å². The Bertz CT molecular complexity index is 817. The van der Waals surface area contributed by atoms with Crippen LogP contribution in [-0.2, 0) is 9.53 Å². The van der Waals surface area contributed by atoms with E-state index in [-0.39, 0.29) is 18.4 Å². The highest BCUT2D eigenvalue weighted by molar-refractivity contribution is 6.00. The molecule has 0 aliphatic carbocycles. The van der Waals surface area contributed by atoms with E-state index in [1.54, 1.807) is 25.3 Å². The molecular formula is C22H28N4O3. The molecule has 0 radical (unpaired) electrons. The molecular weight excluding hydrogens is 368 g/mol. The minimum atomic E-state index is -0.206. The minimum absolute atomic E-state index is 0.0657. The highest BCUT2D eigenvalue weighted by Gasteiger charge is 2.13. The van der Waals surface area contributed by atoms with Crippen LogP contribution < -0.4 is 20.9 Å². The van der Waals surface area contributed by atoms with Crippen LogP contribution in [0.2, 0.25) is 0 Å². The zero-order valence-electron chi connectivity index (χ0n) is 16.7. The number of para-hydroxylation sites is 1. The number of hydrogen-bond acceptors (Lipinski definition) is 5. The van der Waals surface area contributed by atoms with Crippen LogP contribution in [0.15, 0.2) is 48.5 Å². The topological polar surface area (TPSA) is 82.7 Å². The monoisotopic (exact) mass is 396 g/mol. The summed E-state index contributed by atoms with van der Waals surface area (Å²) in [5, 5.41) is 8.72. The first-order valence-electron chi connectivity index (χ1n) is 9.92. The summed E-state index contributed by atoms with van der Waals surface area (Å²) in [5.41, 5.74) is 3.05. The van der Waals surface area contributed by atoms with Crippen LogP contribution in [0.1, 0.15) is 23.2 Å². The Morgan fingerprint density at radius 1 is 1.03 bits per heavy atom. The summed E-state index contributed by atoms with van der Waals surface area (Å²) in [7, 11) is 1.58. The van der Waals surface area contributed by atoms with Crippen LogP contribution in [0.25, 0.3) is 0 Å². The summed E-state index contributed by atoms with van der Waals surface area (Å²) in [6.45, 7) is 3.12. The first kappa shape index (κ1) is 20.7. The van der Waals surface area contributed by atoms with Crippen LogP contribution >= 0.6 is 0 Å². The Hall–Kier alpha value is -3.06. The van der Waals surface area contributed by atoms with Crippen LogP contribution in [0.3, 0.4) is 0 Å². The Morgan fingerprint density at radius 2 is 1.76 bits per heavy atom. The van der Waals surface area contributed by atoms with E-state index < -0.39 is 0 Å². The molecule has 2 amide bonds. The maximum absolute atomic E-state index is 12.3. The molecule has 0 bridgehead atoms. The number of benzene rings is 2. The van der Waals surface area contributed by atoms with Crippen molar-refractivity contribution in [2.75, 3.05) is 55.4 Å². The molecule has 2 aromatic rings. The summed E-state index contributed by atoms with van der Waals surface area (Å²) in [6, 6.07) is 15.0. The molecule has 154 valence electrons. The summed E-state index contributed by atoms with van der Waals surface area (Å²) >= 11 is 0. The second kappa shape index (κ2) is 10.5. The van der Waals surface area contributed by atoms with Crippen LogP contribution in [-0.4, -0.2) is 51.7 Å². The van der Waals surface area contributed by atoms with E-state index in [0.717, 1.165) is 18.8 Å². The van der Waals surface area contributed by atoms with Crippen LogP contribution in [0.5, 0.6) is 0 Å². The number of carbonyl (C=O) groups excluding carboxylic acids is 2. The van der Waals surface area contributed by atoms with Gasteiger partial charge in [0.05, 0.1) is 18.7 Å². The van der Waals surface area contributed by atoms with Crippen molar-refractivity contribution in [2.24, 2.45) is 0 Å².